The summed E-state index contributed by atoms with van der Waals surface area (Å²) in [5.74, 6) is -0.523. The van der Waals surface area contributed by atoms with Crippen LogP contribution in [0.1, 0.15) is 5.69 Å². The predicted octanol–water partition coefficient (Wildman–Crippen LogP) is 1.40. The second-order valence-corrected chi connectivity index (χ2v) is 4.85. The van der Waals surface area contributed by atoms with Crippen molar-refractivity contribution in [1.82, 2.24) is 10.3 Å². The summed E-state index contributed by atoms with van der Waals surface area (Å²) in [5.41, 5.74) is 1.20. The van der Waals surface area contributed by atoms with Gasteiger partial charge in [0.25, 0.3) is 0 Å². The number of carbonyl (C=O) groups excluding carboxylic acids is 2. The van der Waals surface area contributed by atoms with Crippen LogP contribution in [0.3, 0.4) is 0 Å². The van der Waals surface area contributed by atoms with Gasteiger partial charge in [-0.3, -0.25) is 14.6 Å². The first kappa shape index (κ1) is 17.3. The minimum atomic E-state index is -0.775. The van der Waals surface area contributed by atoms with Gasteiger partial charge in [0.1, 0.15) is 11.5 Å². The van der Waals surface area contributed by atoms with E-state index in [1.807, 2.05) is 18.2 Å². The minimum absolute atomic E-state index is 0.318. The molecule has 7 nitrogen and oxygen atoms in total. The average molecular weight is 329 g/mol. The molecule has 0 atom stereocenters. The van der Waals surface area contributed by atoms with E-state index in [9.17, 15) is 9.59 Å². The van der Waals surface area contributed by atoms with Crippen LogP contribution in [0.5, 0.6) is 11.5 Å². The van der Waals surface area contributed by atoms with E-state index in [0.717, 1.165) is 5.69 Å². The zero-order valence-electron chi connectivity index (χ0n) is 13.5. The summed E-state index contributed by atoms with van der Waals surface area (Å²) in [4.78, 5) is 28.0. The molecule has 0 spiro atoms. The number of pyridine rings is 1. The zero-order valence-corrected chi connectivity index (χ0v) is 13.5. The third-order valence-corrected chi connectivity index (χ3v) is 3.25. The summed E-state index contributed by atoms with van der Waals surface area (Å²) < 4.78 is 10.3. The number of aromatic nitrogens is 1. The van der Waals surface area contributed by atoms with Gasteiger partial charge in [0, 0.05) is 30.9 Å². The van der Waals surface area contributed by atoms with Gasteiger partial charge < -0.3 is 20.1 Å². The number of hydrogen-bond acceptors (Lipinski definition) is 5. The molecular formula is C17H19N3O4. The van der Waals surface area contributed by atoms with Crippen LogP contribution in [0.25, 0.3) is 0 Å². The molecule has 2 N–H and O–H groups in total. The Hall–Kier alpha value is -3.09. The topological polar surface area (TPSA) is 89.5 Å². The fraction of sp³-hybridized carbons (Fsp3) is 0.235. The van der Waals surface area contributed by atoms with Gasteiger partial charge in [-0.2, -0.15) is 0 Å². The van der Waals surface area contributed by atoms with E-state index in [2.05, 4.69) is 15.6 Å². The van der Waals surface area contributed by atoms with Crippen LogP contribution in [0.4, 0.5) is 5.69 Å². The van der Waals surface area contributed by atoms with Crippen LogP contribution in [0, 0.1) is 0 Å². The number of hydrogen-bond donors (Lipinski definition) is 2. The molecule has 24 heavy (non-hydrogen) atoms. The highest BCUT2D eigenvalue weighted by Crippen LogP contribution is 2.28. The number of nitrogens with zero attached hydrogens (tertiary/aromatic N) is 1. The molecule has 2 rings (SSSR count). The van der Waals surface area contributed by atoms with Crippen LogP contribution in [0.15, 0.2) is 42.6 Å². The summed E-state index contributed by atoms with van der Waals surface area (Å²) in [6, 6.07) is 10.5. The number of benzene rings is 1. The molecule has 0 fully saturated rings. The monoisotopic (exact) mass is 329 g/mol. The molecule has 0 saturated carbocycles. The number of ether oxygens (including phenoxy) is 2. The first-order valence-corrected chi connectivity index (χ1v) is 7.35. The highest BCUT2D eigenvalue weighted by Gasteiger charge is 2.16. The van der Waals surface area contributed by atoms with Gasteiger partial charge >= 0.3 is 11.8 Å². The number of anilines is 1. The van der Waals surface area contributed by atoms with E-state index in [1.54, 1.807) is 24.4 Å². The van der Waals surface area contributed by atoms with Gasteiger partial charge in [-0.15, -0.1) is 0 Å². The van der Waals surface area contributed by atoms with Gasteiger partial charge in [0.2, 0.25) is 0 Å². The molecule has 0 aliphatic carbocycles. The first-order valence-electron chi connectivity index (χ1n) is 7.35. The SMILES string of the molecule is COc1ccc(OC)c(NC(=O)C(=O)NCCc2ccccn2)c1. The Labute approximate surface area is 140 Å². The third-order valence-electron chi connectivity index (χ3n) is 3.25. The lowest BCUT2D eigenvalue weighted by Crippen LogP contribution is -2.36. The van der Waals surface area contributed by atoms with Crippen molar-refractivity contribution in [3.05, 3.63) is 48.3 Å². The number of methoxy groups -OCH3 is 2. The van der Waals surface area contributed by atoms with Crippen LogP contribution in [0.2, 0.25) is 0 Å². The Morgan fingerprint density at radius 2 is 1.92 bits per heavy atom. The van der Waals surface area contributed by atoms with Crippen molar-refractivity contribution in [2.75, 3.05) is 26.1 Å². The van der Waals surface area contributed by atoms with E-state index < -0.39 is 11.8 Å². The standard InChI is InChI=1S/C17H19N3O4/c1-23-13-6-7-15(24-2)14(11-13)20-17(22)16(21)19-10-8-12-5-3-4-9-18-12/h3-7,9,11H,8,10H2,1-2H3,(H,19,21)(H,20,22). The van der Waals surface area contributed by atoms with Crippen LogP contribution in [-0.2, 0) is 16.0 Å². The summed E-state index contributed by atoms with van der Waals surface area (Å²) in [6.45, 7) is 0.318. The molecule has 7 heteroatoms. The van der Waals surface area contributed by atoms with E-state index >= 15 is 0 Å². The Morgan fingerprint density at radius 1 is 1.08 bits per heavy atom. The lowest BCUT2D eigenvalue weighted by molar-refractivity contribution is -0.136. The number of nitrogens with one attached hydrogen (secondary N) is 2. The van der Waals surface area contributed by atoms with Gasteiger partial charge in [-0.25, -0.2) is 0 Å². The van der Waals surface area contributed by atoms with Crippen molar-refractivity contribution in [2.24, 2.45) is 0 Å². The smallest absolute Gasteiger partial charge is 0.313 e. The normalized spacial score (nSPS) is 9.92. The molecule has 0 unspecified atom stereocenters. The zero-order chi connectivity index (χ0) is 17.4. The van der Waals surface area contributed by atoms with Gasteiger partial charge in [0.15, 0.2) is 0 Å². The molecule has 0 aliphatic heterocycles. The molecule has 0 saturated heterocycles. The fourth-order valence-corrected chi connectivity index (χ4v) is 2.02. The molecule has 0 radical (unpaired) electrons. The molecule has 1 heterocycles. The van der Waals surface area contributed by atoms with E-state index in [1.165, 1.54) is 14.2 Å². The van der Waals surface area contributed by atoms with Crippen LogP contribution in [-0.4, -0.2) is 37.6 Å². The van der Waals surface area contributed by atoms with E-state index in [4.69, 9.17) is 9.47 Å². The molecule has 1 aromatic carbocycles. The van der Waals surface area contributed by atoms with Gasteiger partial charge in [0.05, 0.1) is 19.9 Å². The Morgan fingerprint density at radius 3 is 2.58 bits per heavy atom. The number of rotatable bonds is 6. The van der Waals surface area contributed by atoms with Gasteiger partial charge in [-0.1, -0.05) is 6.07 Å². The highest BCUT2D eigenvalue weighted by atomic mass is 16.5. The summed E-state index contributed by atoms with van der Waals surface area (Å²) >= 11 is 0. The second kappa shape index (κ2) is 8.52. The van der Waals surface area contributed by atoms with Crippen LogP contribution >= 0.6 is 0 Å². The minimum Gasteiger partial charge on any atom is -0.497 e. The van der Waals surface area contributed by atoms with Gasteiger partial charge in [-0.05, 0) is 24.3 Å². The van der Waals surface area contributed by atoms with Crippen molar-refractivity contribution >= 4 is 17.5 Å². The molecule has 0 aliphatic rings. The maximum Gasteiger partial charge on any atom is 0.313 e. The Balaban J connectivity index is 1.90. The maximum absolute atomic E-state index is 12.0. The number of amides is 2. The largest absolute Gasteiger partial charge is 0.497 e. The van der Waals surface area contributed by atoms with Crippen molar-refractivity contribution < 1.29 is 19.1 Å². The van der Waals surface area contributed by atoms with E-state index in [0.29, 0.717) is 30.2 Å². The molecule has 2 amide bonds. The van der Waals surface area contributed by atoms with Crippen LogP contribution < -0.4 is 20.1 Å². The Kier molecular flexibility index (Phi) is 6.13. The van der Waals surface area contributed by atoms with Crippen molar-refractivity contribution in [3.8, 4) is 11.5 Å². The first-order chi connectivity index (χ1) is 11.6. The molecular weight excluding hydrogens is 310 g/mol. The molecule has 1 aromatic heterocycles. The van der Waals surface area contributed by atoms with Crippen molar-refractivity contribution in [3.63, 3.8) is 0 Å². The summed E-state index contributed by atoms with van der Waals surface area (Å²) in [7, 11) is 2.99. The molecule has 126 valence electrons. The Bertz CT molecular complexity index is 704. The molecule has 0 bridgehead atoms. The van der Waals surface area contributed by atoms with Crippen molar-refractivity contribution in [2.45, 2.75) is 6.42 Å². The lowest BCUT2D eigenvalue weighted by Gasteiger charge is -2.11. The quantitative estimate of drug-likeness (QED) is 0.782. The number of carbonyl (C=O) groups is 2. The summed E-state index contributed by atoms with van der Waals surface area (Å²) in [6.07, 6.45) is 2.22. The summed E-state index contributed by atoms with van der Waals surface area (Å²) in [5, 5.41) is 5.07. The van der Waals surface area contributed by atoms with Crippen molar-refractivity contribution in [1.29, 1.82) is 0 Å². The van der Waals surface area contributed by atoms with E-state index in [-0.39, 0.29) is 0 Å². The predicted molar refractivity (Wildman–Crippen MR) is 89.1 cm³/mol. The second-order valence-electron chi connectivity index (χ2n) is 4.85. The average Bonchev–Trinajstić information content (AvgIpc) is 2.62. The third kappa shape index (κ3) is 4.70. The fourth-order valence-electron chi connectivity index (χ4n) is 2.02. The highest BCUT2D eigenvalue weighted by molar-refractivity contribution is 6.39. The molecule has 2 aromatic rings. The maximum atomic E-state index is 12.0. The lowest BCUT2D eigenvalue weighted by atomic mass is 10.2.